The molecule has 0 bridgehead atoms. The molecule has 0 aliphatic rings. The summed E-state index contributed by atoms with van der Waals surface area (Å²) in [7, 11) is 0. The van der Waals surface area contributed by atoms with Crippen LogP contribution in [0.4, 0.5) is 0 Å². The molecule has 0 atom stereocenters. The molecular formula is C19H24N2O2. The maximum absolute atomic E-state index is 12.1. The molecule has 23 heavy (non-hydrogen) atoms. The first-order valence-corrected chi connectivity index (χ1v) is 8.16. The maximum atomic E-state index is 12.1. The summed E-state index contributed by atoms with van der Waals surface area (Å²) in [6.45, 7) is 4.10. The van der Waals surface area contributed by atoms with Crippen LogP contribution in [-0.2, 0) is 16.0 Å². The van der Waals surface area contributed by atoms with Crippen LogP contribution in [0.1, 0.15) is 32.3 Å². The van der Waals surface area contributed by atoms with Gasteiger partial charge >= 0.3 is 0 Å². The van der Waals surface area contributed by atoms with Gasteiger partial charge in [0.05, 0.1) is 13.0 Å². The molecule has 0 aromatic heterocycles. The molecule has 2 rings (SSSR count). The predicted molar refractivity (Wildman–Crippen MR) is 93.2 cm³/mol. The number of benzene rings is 2. The summed E-state index contributed by atoms with van der Waals surface area (Å²) in [5.41, 5.74) is 0.973. The topological polar surface area (TPSA) is 58.2 Å². The molecule has 0 saturated heterocycles. The molecule has 122 valence electrons. The Morgan fingerprint density at radius 2 is 1.65 bits per heavy atom. The van der Waals surface area contributed by atoms with Crippen molar-refractivity contribution in [2.75, 3.05) is 6.54 Å². The Bertz CT molecular complexity index is 673. The maximum Gasteiger partial charge on any atom is 0.239 e. The zero-order valence-electron chi connectivity index (χ0n) is 13.8. The van der Waals surface area contributed by atoms with Crippen molar-refractivity contribution in [1.82, 2.24) is 10.6 Å². The molecule has 0 heterocycles. The van der Waals surface area contributed by atoms with E-state index in [0.29, 0.717) is 0 Å². The Morgan fingerprint density at radius 1 is 0.957 bits per heavy atom. The van der Waals surface area contributed by atoms with E-state index >= 15 is 0 Å². The highest BCUT2D eigenvalue weighted by Crippen LogP contribution is 2.18. The molecule has 2 aromatic rings. The molecule has 0 aliphatic heterocycles. The van der Waals surface area contributed by atoms with Gasteiger partial charge < -0.3 is 10.6 Å². The minimum Gasteiger partial charge on any atom is -0.352 e. The lowest BCUT2D eigenvalue weighted by molar-refractivity contribution is -0.126. The van der Waals surface area contributed by atoms with E-state index in [0.717, 1.165) is 29.2 Å². The third-order valence-electron chi connectivity index (χ3n) is 4.03. The summed E-state index contributed by atoms with van der Waals surface area (Å²) in [6.07, 6.45) is 2.07. The van der Waals surface area contributed by atoms with E-state index in [1.54, 1.807) is 0 Å². The third-order valence-corrected chi connectivity index (χ3v) is 4.03. The molecule has 0 saturated carbocycles. The highest BCUT2D eigenvalue weighted by molar-refractivity contribution is 5.91. The van der Waals surface area contributed by atoms with E-state index < -0.39 is 0 Å². The Morgan fingerprint density at radius 3 is 2.39 bits per heavy atom. The van der Waals surface area contributed by atoms with E-state index in [9.17, 15) is 9.59 Å². The first kappa shape index (κ1) is 17.0. The van der Waals surface area contributed by atoms with Crippen molar-refractivity contribution in [3.05, 3.63) is 48.0 Å². The fraction of sp³-hybridized carbons (Fsp3) is 0.368. The van der Waals surface area contributed by atoms with Crippen LogP contribution in [0.25, 0.3) is 10.8 Å². The zero-order valence-corrected chi connectivity index (χ0v) is 13.8. The molecule has 4 nitrogen and oxygen atoms in total. The highest BCUT2D eigenvalue weighted by atomic mass is 16.2. The van der Waals surface area contributed by atoms with Crippen LogP contribution in [-0.4, -0.2) is 24.4 Å². The molecule has 4 heteroatoms. The van der Waals surface area contributed by atoms with Gasteiger partial charge in [0.2, 0.25) is 11.8 Å². The van der Waals surface area contributed by atoms with Crippen LogP contribution in [0.15, 0.2) is 42.5 Å². The zero-order chi connectivity index (χ0) is 16.7. The average Bonchev–Trinajstić information content (AvgIpc) is 2.58. The lowest BCUT2D eigenvalue weighted by Crippen LogP contribution is -2.41. The van der Waals surface area contributed by atoms with Crippen molar-refractivity contribution < 1.29 is 9.59 Å². The van der Waals surface area contributed by atoms with Crippen molar-refractivity contribution in [3.8, 4) is 0 Å². The molecule has 2 amide bonds. The van der Waals surface area contributed by atoms with Gasteiger partial charge in [0.1, 0.15) is 0 Å². The quantitative estimate of drug-likeness (QED) is 0.826. The van der Waals surface area contributed by atoms with Crippen LogP contribution in [0.2, 0.25) is 0 Å². The van der Waals surface area contributed by atoms with Gasteiger partial charge in [0, 0.05) is 6.04 Å². The smallest absolute Gasteiger partial charge is 0.239 e. The first-order valence-electron chi connectivity index (χ1n) is 8.16. The number of nitrogens with one attached hydrogen (secondary N) is 2. The first-order chi connectivity index (χ1) is 11.1. The van der Waals surface area contributed by atoms with Crippen molar-refractivity contribution in [1.29, 1.82) is 0 Å². The van der Waals surface area contributed by atoms with Gasteiger partial charge in [-0.1, -0.05) is 56.3 Å². The van der Waals surface area contributed by atoms with Gasteiger partial charge in [-0.2, -0.15) is 0 Å². The van der Waals surface area contributed by atoms with Crippen molar-refractivity contribution in [2.45, 2.75) is 39.2 Å². The van der Waals surface area contributed by atoms with E-state index in [1.807, 2.05) is 56.3 Å². The van der Waals surface area contributed by atoms with Gasteiger partial charge in [0.25, 0.3) is 0 Å². The number of amides is 2. The van der Waals surface area contributed by atoms with Crippen molar-refractivity contribution in [3.63, 3.8) is 0 Å². The van der Waals surface area contributed by atoms with E-state index in [4.69, 9.17) is 0 Å². The summed E-state index contributed by atoms with van der Waals surface area (Å²) in [5.74, 6) is -0.272. The number of carbonyl (C=O) groups excluding carboxylic acids is 2. The van der Waals surface area contributed by atoms with Crippen molar-refractivity contribution in [2.24, 2.45) is 0 Å². The molecule has 0 spiro atoms. The fourth-order valence-corrected chi connectivity index (χ4v) is 2.63. The fourth-order valence-electron chi connectivity index (χ4n) is 2.63. The van der Waals surface area contributed by atoms with Gasteiger partial charge in [-0.05, 0) is 29.2 Å². The molecule has 0 aliphatic carbocycles. The summed E-state index contributed by atoms with van der Waals surface area (Å²) >= 11 is 0. The van der Waals surface area contributed by atoms with Gasteiger partial charge in [0.15, 0.2) is 0 Å². The average molecular weight is 312 g/mol. The second-order valence-corrected chi connectivity index (χ2v) is 5.67. The monoisotopic (exact) mass is 312 g/mol. The second kappa shape index (κ2) is 8.32. The number of hydrogen-bond donors (Lipinski definition) is 2. The van der Waals surface area contributed by atoms with E-state index in [1.165, 1.54) is 0 Å². The minimum atomic E-state index is -0.138. The SMILES string of the molecule is CCC(CC)NC(=O)CNC(=O)Cc1cccc2ccccc12. The predicted octanol–water partition coefficient (Wildman–Crippen LogP) is 2.80. The normalized spacial score (nSPS) is 10.7. The summed E-state index contributed by atoms with van der Waals surface area (Å²) in [6, 6.07) is 14.1. The molecular weight excluding hydrogens is 288 g/mol. The number of rotatable bonds is 7. The van der Waals surface area contributed by atoms with Gasteiger partial charge in [-0.3, -0.25) is 9.59 Å². The minimum absolute atomic E-state index is 0.0279. The standard InChI is InChI=1S/C19H24N2O2/c1-3-16(4-2)21-19(23)13-20-18(22)12-15-10-7-9-14-8-5-6-11-17(14)15/h5-11,16H,3-4,12-13H2,1-2H3,(H,20,22)(H,21,23). The summed E-state index contributed by atoms with van der Waals surface area (Å²) in [5, 5.41) is 7.80. The number of fused-ring (bicyclic) bond motifs is 1. The Kier molecular flexibility index (Phi) is 6.15. The van der Waals surface area contributed by atoms with Gasteiger partial charge in [-0.25, -0.2) is 0 Å². The molecule has 2 aromatic carbocycles. The van der Waals surface area contributed by atoms with E-state index in [-0.39, 0.29) is 30.8 Å². The third kappa shape index (κ3) is 4.81. The molecule has 2 N–H and O–H groups in total. The molecule has 0 unspecified atom stereocenters. The van der Waals surface area contributed by atoms with Crippen LogP contribution >= 0.6 is 0 Å². The lowest BCUT2D eigenvalue weighted by Gasteiger charge is -2.15. The summed E-state index contributed by atoms with van der Waals surface area (Å²) < 4.78 is 0. The molecule has 0 radical (unpaired) electrons. The Hall–Kier alpha value is -2.36. The Labute approximate surface area is 137 Å². The number of carbonyl (C=O) groups is 2. The largest absolute Gasteiger partial charge is 0.352 e. The van der Waals surface area contributed by atoms with E-state index in [2.05, 4.69) is 10.6 Å². The number of hydrogen-bond acceptors (Lipinski definition) is 2. The Balaban J connectivity index is 1.90. The van der Waals surface area contributed by atoms with Crippen LogP contribution < -0.4 is 10.6 Å². The van der Waals surface area contributed by atoms with Crippen molar-refractivity contribution >= 4 is 22.6 Å². The highest BCUT2D eigenvalue weighted by Gasteiger charge is 2.11. The van der Waals surface area contributed by atoms with Crippen LogP contribution in [0.3, 0.4) is 0 Å². The molecule has 0 fully saturated rings. The van der Waals surface area contributed by atoms with Crippen LogP contribution in [0.5, 0.6) is 0 Å². The summed E-state index contributed by atoms with van der Waals surface area (Å²) in [4.78, 5) is 23.9. The second-order valence-electron chi connectivity index (χ2n) is 5.67. The lowest BCUT2D eigenvalue weighted by atomic mass is 10.0. The van der Waals surface area contributed by atoms with Crippen LogP contribution in [0, 0.1) is 0 Å². The van der Waals surface area contributed by atoms with Gasteiger partial charge in [-0.15, -0.1) is 0 Å².